The number of nitrogens with zero attached hydrogens (tertiary/aromatic N) is 2. The minimum Gasteiger partial charge on any atom is -0.465 e. The van der Waals surface area contributed by atoms with E-state index in [0.29, 0.717) is 11.8 Å². The number of hydrogen-bond donors (Lipinski definition) is 2. The number of fused-ring (bicyclic) bond motifs is 2. The van der Waals surface area contributed by atoms with Crippen molar-refractivity contribution in [1.82, 2.24) is 9.80 Å². The van der Waals surface area contributed by atoms with Crippen LogP contribution in [0.5, 0.6) is 0 Å². The smallest absolute Gasteiger partial charge is 0.411 e. The monoisotopic (exact) mass is 368 g/mol. The fourth-order valence-corrected chi connectivity index (χ4v) is 4.22. The highest BCUT2D eigenvalue weighted by Gasteiger charge is 2.55. The highest BCUT2D eigenvalue weighted by atomic mass is 16.6. The zero-order valence-electron chi connectivity index (χ0n) is 15.5. The van der Waals surface area contributed by atoms with Gasteiger partial charge in [-0.3, -0.25) is 9.80 Å². The van der Waals surface area contributed by atoms with Crippen LogP contribution < -0.4 is 0 Å². The molecule has 2 heterocycles. The number of carbonyl (C=O) groups excluding carboxylic acids is 2. The summed E-state index contributed by atoms with van der Waals surface area (Å²) in [5.74, 6) is 1.08. The Labute approximate surface area is 153 Å². The first-order valence-electron chi connectivity index (χ1n) is 9.25. The van der Waals surface area contributed by atoms with Gasteiger partial charge in [-0.05, 0) is 58.3 Å². The minimum absolute atomic E-state index is 0.0285. The van der Waals surface area contributed by atoms with Crippen molar-refractivity contribution in [3.05, 3.63) is 0 Å². The number of piperidine rings is 2. The van der Waals surface area contributed by atoms with Gasteiger partial charge in [-0.15, -0.1) is 0 Å². The predicted molar refractivity (Wildman–Crippen MR) is 91.7 cm³/mol. The van der Waals surface area contributed by atoms with Crippen LogP contribution in [-0.4, -0.2) is 74.9 Å². The van der Waals surface area contributed by atoms with Crippen LogP contribution in [0.1, 0.15) is 46.5 Å². The molecule has 2 saturated heterocycles. The van der Waals surface area contributed by atoms with Crippen LogP contribution in [0.25, 0.3) is 0 Å². The molecule has 8 nitrogen and oxygen atoms in total. The van der Waals surface area contributed by atoms with Gasteiger partial charge in [-0.1, -0.05) is 0 Å². The van der Waals surface area contributed by atoms with E-state index in [0.717, 1.165) is 32.0 Å². The number of hydrogen-bond acceptors (Lipinski definition) is 5. The molecule has 4 fully saturated rings. The van der Waals surface area contributed by atoms with Crippen LogP contribution in [0.15, 0.2) is 0 Å². The number of carboxylic acid groups (broad SMARTS) is 1. The number of likely N-dealkylation sites (tertiary alicyclic amines) is 2. The standard InChI is InChI=1S/C11H17NO3.C7H11NO3/c1-11(2,3)15-10(14)12-8(6-13)4-7-5-9(7)12;9-3-5-1-4-2-6(4)8(5)7(10)11/h6-9H,4-5H2,1-3H3;4-6,9H,1-3H2,(H,10,11)/t7-,8-,9+;4-,5?,6-/m11/s1. The molecule has 4 rings (SSSR count). The van der Waals surface area contributed by atoms with Crippen LogP contribution in [0.2, 0.25) is 0 Å². The Morgan fingerprint density at radius 3 is 2.12 bits per heavy atom. The summed E-state index contributed by atoms with van der Waals surface area (Å²) in [4.78, 5) is 36.3. The van der Waals surface area contributed by atoms with Crippen molar-refractivity contribution in [2.75, 3.05) is 6.61 Å². The van der Waals surface area contributed by atoms with Gasteiger partial charge in [0.05, 0.1) is 18.7 Å². The first-order valence-corrected chi connectivity index (χ1v) is 9.25. The number of carbonyl (C=O) groups is 3. The average molecular weight is 368 g/mol. The Balaban J connectivity index is 0.000000158. The molecule has 0 radical (unpaired) electrons. The Morgan fingerprint density at radius 1 is 1.08 bits per heavy atom. The number of rotatable bonds is 2. The molecule has 0 aromatic heterocycles. The van der Waals surface area contributed by atoms with E-state index in [-0.39, 0.29) is 36.9 Å². The summed E-state index contributed by atoms with van der Waals surface area (Å²) >= 11 is 0. The molecule has 2 N–H and O–H groups in total. The van der Waals surface area contributed by atoms with Crippen molar-refractivity contribution in [1.29, 1.82) is 0 Å². The lowest BCUT2D eigenvalue weighted by molar-refractivity contribution is -0.112. The maximum atomic E-state index is 11.8. The molecule has 0 bridgehead atoms. The van der Waals surface area contributed by atoms with Crippen LogP contribution in [-0.2, 0) is 9.53 Å². The van der Waals surface area contributed by atoms with E-state index >= 15 is 0 Å². The molecule has 2 saturated carbocycles. The molecule has 0 aromatic rings. The van der Waals surface area contributed by atoms with E-state index in [2.05, 4.69) is 0 Å². The van der Waals surface area contributed by atoms with Gasteiger partial charge in [0.25, 0.3) is 0 Å². The van der Waals surface area contributed by atoms with E-state index in [1.165, 1.54) is 4.90 Å². The molecule has 26 heavy (non-hydrogen) atoms. The van der Waals surface area contributed by atoms with Crippen molar-refractivity contribution in [2.24, 2.45) is 11.8 Å². The molecule has 2 aliphatic heterocycles. The molecule has 1 unspecified atom stereocenters. The van der Waals surface area contributed by atoms with Gasteiger partial charge >= 0.3 is 12.2 Å². The summed E-state index contributed by atoms with van der Waals surface area (Å²) in [6.45, 7) is 5.48. The minimum atomic E-state index is -0.881. The van der Waals surface area contributed by atoms with E-state index in [1.54, 1.807) is 4.90 Å². The maximum Gasteiger partial charge on any atom is 0.411 e. The number of aliphatic hydroxyl groups is 1. The quantitative estimate of drug-likeness (QED) is 0.719. The molecular weight excluding hydrogens is 340 g/mol. The third kappa shape index (κ3) is 3.79. The van der Waals surface area contributed by atoms with E-state index in [1.807, 2.05) is 20.8 Å². The highest BCUT2D eigenvalue weighted by Crippen LogP contribution is 2.48. The maximum absolute atomic E-state index is 11.8. The Kier molecular flexibility index (Phi) is 4.90. The first kappa shape index (κ1) is 18.9. The van der Waals surface area contributed by atoms with Gasteiger partial charge in [-0.2, -0.15) is 0 Å². The van der Waals surface area contributed by atoms with Crippen molar-refractivity contribution in [3.63, 3.8) is 0 Å². The second kappa shape index (κ2) is 6.72. The van der Waals surface area contributed by atoms with Crippen LogP contribution >= 0.6 is 0 Å². The molecule has 0 spiro atoms. The zero-order chi connectivity index (χ0) is 19.2. The van der Waals surface area contributed by atoms with E-state index in [9.17, 15) is 14.4 Å². The summed E-state index contributed by atoms with van der Waals surface area (Å²) < 4.78 is 5.28. The third-order valence-electron chi connectivity index (χ3n) is 5.55. The second-order valence-corrected chi connectivity index (χ2v) is 8.71. The fourth-order valence-electron chi connectivity index (χ4n) is 4.22. The lowest BCUT2D eigenvalue weighted by atomic mass is 10.2. The third-order valence-corrected chi connectivity index (χ3v) is 5.55. The molecule has 2 amide bonds. The van der Waals surface area contributed by atoms with Gasteiger partial charge in [0.15, 0.2) is 0 Å². The summed E-state index contributed by atoms with van der Waals surface area (Å²) in [5.41, 5.74) is -0.489. The number of amides is 2. The van der Waals surface area contributed by atoms with Crippen molar-refractivity contribution in [3.8, 4) is 0 Å². The van der Waals surface area contributed by atoms with E-state index in [4.69, 9.17) is 14.9 Å². The number of ether oxygens (including phenoxy) is 1. The molecular formula is C18H28N2O6. The second-order valence-electron chi connectivity index (χ2n) is 8.71. The zero-order valence-corrected chi connectivity index (χ0v) is 15.5. The first-order chi connectivity index (χ1) is 12.2. The van der Waals surface area contributed by atoms with Gasteiger partial charge < -0.3 is 19.7 Å². The molecule has 2 aliphatic carbocycles. The molecule has 8 heteroatoms. The normalized spacial score (nSPS) is 36.5. The molecule has 4 aliphatic rings. The summed E-state index contributed by atoms with van der Waals surface area (Å²) in [6, 6.07) is 0.0968. The van der Waals surface area contributed by atoms with Gasteiger partial charge in [0.1, 0.15) is 11.9 Å². The van der Waals surface area contributed by atoms with Crippen molar-refractivity contribution >= 4 is 18.5 Å². The average Bonchev–Trinajstić information content (AvgIpc) is 3.41. The van der Waals surface area contributed by atoms with E-state index < -0.39 is 11.7 Å². The summed E-state index contributed by atoms with van der Waals surface area (Å²) in [5, 5.41) is 17.5. The van der Waals surface area contributed by atoms with Crippen molar-refractivity contribution < 1.29 is 29.3 Å². The van der Waals surface area contributed by atoms with Crippen LogP contribution in [0.4, 0.5) is 9.59 Å². The summed E-state index contributed by atoms with van der Waals surface area (Å²) in [6.07, 6.45) is 3.34. The molecule has 146 valence electrons. The van der Waals surface area contributed by atoms with Crippen molar-refractivity contribution in [2.45, 2.75) is 76.2 Å². The Bertz CT molecular complexity index is 589. The summed E-state index contributed by atoms with van der Waals surface area (Å²) in [7, 11) is 0. The van der Waals surface area contributed by atoms with Gasteiger partial charge in [0, 0.05) is 12.1 Å². The Morgan fingerprint density at radius 2 is 1.65 bits per heavy atom. The number of aldehydes is 1. The van der Waals surface area contributed by atoms with Gasteiger partial charge in [0.2, 0.25) is 0 Å². The van der Waals surface area contributed by atoms with Gasteiger partial charge in [-0.25, -0.2) is 9.59 Å². The predicted octanol–water partition coefficient (Wildman–Crippen LogP) is 1.70. The number of aliphatic hydroxyl groups excluding tert-OH is 1. The molecule has 6 atom stereocenters. The molecule has 0 aromatic carbocycles. The lowest BCUT2D eigenvalue weighted by Gasteiger charge is -2.28. The van der Waals surface area contributed by atoms with Crippen LogP contribution in [0.3, 0.4) is 0 Å². The lowest BCUT2D eigenvalue weighted by Crippen LogP contribution is -2.42. The largest absolute Gasteiger partial charge is 0.465 e. The fraction of sp³-hybridized carbons (Fsp3) is 0.833. The SMILES string of the molecule is CC(C)(C)OC(=O)N1[C@@H](C=O)C[C@@H]2C[C@@H]21.O=C(O)N1C(CO)C[C@@H]2C[C@H]21. The van der Waals surface area contributed by atoms with Crippen LogP contribution in [0, 0.1) is 11.8 Å². The Hall–Kier alpha value is -1.83. The topological polar surface area (TPSA) is 107 Å². The highest BCUT2D eigenvalue weighted by molar-refractivity contribution is 5.76.